The number of benzene rings is 2. The molecule has 20 heavy (non-hydrogen) atoms. The molecule has 2 rings (SSSR count). The minimum Gasteiger partial charge on any atom is -0.506 e. The van der Waals surface area contributed by atoms with Gasteiger partial charge in [0.1, 0.15) is 11.5 Å². The first kappa shape index (κ1) is 13.9. The van der Waals surface area contributed by atoms with Gasteiger partial charge in [-0.2, -0.15) is 0 Å². The quantitative estimate of drug-likeness (QED) is 0.841. The molecule has 0 saturated heterocycles. The molecule has 2 aromatic rings. The van der Waals surface area contributed by atoms with Crippen LogP contribution >= 0.6 is 0 Å². The predicted molar refractivity (Wildman–Crippen MR) is 78.2 cm³/mol. The molecule has 0 radical (unpaired) electrons. The zero-order valence-electron chi connectivity index (χ0n) is 11.5. The highest BCUT2D eigenvalue weighted by atomic mass is 16.5. The van der Waals surface area contributed by atoms with Crippen molar-refractivity contribution in [2.24, 2.45) is 0 Å². The zero-order valence-corrected chi connectivity index (χ0v) is 11.5. The molecule has 0 fully saturated rings. The number of phenols is 1. The lowest BCUT2D eigenvalue weighted by Gasteiger charge is -2.10. The maximum absolute atomic E-state index is 12.0. The maximum Gasteiger partial charge on any atom is 0.229 e. The van der Waals surface area contributed by atoms with E-state index in [1.165, 1.54) is 6.07 Å². The van der Waals surface area contributed by atoms with Gasteiger partial charge in [0.25, 0.3) is 0 Å². The van der Waals surface area contributed by atoms with Crippen molar-refractivity contribution >= 4 is 11.6 Å². The third-order valence-electron chi connectivity index (χ3n) is 2.97. The molecule has 0 spiro atoms. The lowest BCUT2D eigenvalue weighted by molar-refractivity contribution is -0.115. The summed E-state index contributed by atoms with van der Waals surface area (Å²) in [5.41, 5.74) is 2.29. The summed E-state index contributed by atoms with van der Waals surface area (Å²) in [5.74, 6) is 0.537. The summed E-state index contributed by atoms with van der Waals surface area (Å²) in [7, 11) is 1.58. The van der Waals surface area contributed by atoms with Crippen molar-refractivity contribution in [2.75, 3.05) is 12.4 Å². The standard InChI is InChI=1S/C16H17NO3/c1-11-7-8-15(20-2)12(9-11)10-16(19)17-13-5-3-4-6-14(13)18/h3-9,18H,10H2,1-2H3,(H,17,19). The van der Waals surface area contributed by atoms with E-state index in [1.54, 1.807) is 25.3 Å². The van der Waals surface area contributed by atoms with Gasteiger partial charge in [0, 0.05) is 5.56 Å². The van der Waals surface area contributed by atoms with Crippen LogP contribution in [0.25, 0.3) is 0 Å². The minimum absolute atomic E-state index is 0.0528. The van der Waals surface area contributed by atoms with Crippen molar-refractivity contribution in [3.05, 3.63) is 53.6 Å². The molecule has 104 valence electrons. The highest BCUT2D eigenvalue weighted by Gasteiger charge is 2.10. The van der Waals surface area contributed by atoms with Crippen LogP contribution in [0.4, 0.5) is 5.69 Å². The minimum atomic E-state index is -0.199. The Morgan fingerprint density at radius 2 is 2.00 bits per heavy atom. The normalized spacial score (nSPS) is 10.1. The molecule has 4 nitrogen and oxygen atoms in total. The summed E-state index contributed by atoms with van der Waals surface area (Å²) in [4.78, 5) is 12.0. The molecule has 0 bridgehead atoms. The molecule has 2 N–H and O–H groups in total. The van der Waals surface area contributed by atoms with Gasteiger partial charge < -0.3 is 15.2 Å². The van der Waals surface area contributed by atoms with E-state index in [4.69, 9.17) is 4.74 Å². The van der Waals surface area contributed by atoms with Crippen LogP contribution in [0.2, 0.25) is 0 Å². The van der Waals surface area contributed by atoms with Crippen molar-refractivity contribution in [1.82, 2.24) is 0 Å². The van der Waals surface area contributed by atoms with E-state index >= 15 is 0 Å². The summed E-state index contributed by atoms with van der Waals surface area (Å²) in [5, 5.41) is 12.3. The number of hydrogen-bond donors (Lipinski definition) is 2. The van der Waals surface area contributed by atoms with Gasteiger partial charge in [0.15, 0.2) is 0 Å². The number of phenolic OH excluding ortho intramolecular Hbond substituents is 1. The molecule has 0 atom stereocenters. The van der Waals surface area contributed by atoms with Gasteiger partial charge in [-0.15, -0.1) is 0 Å². The van der Waals surface area contributed by atoms with Crippen molar-refractivity contribution in [3.63, 3.8) is 0 Å². The first-order valence-electron chi connectivity index (χ1n) is 6.31. The van der Waals surface area contributed by atoms with Gasteiger partial charge in [-0.05, 0) is 25.1 Å². The van der Waals surface area contributed by atoms with Gasteiger partial charge in [0.05, 0.1) is 19.2 Å². The van der Waals surface area contributed by atoms with Crippen molar-refractivity contribution in [2.45, 2.75) is 13.3 Å². The number of carbonyl (C=O) groups is 1. The lowest BCUT2D eigenvalue weighted by atomic mass is 10.1. The number of nitrogens with one attached hydrogen (secondary N) is 1. The first-order chi connectivity index (χ1) is 9.60. The van der Waals surface area contributed by atoms with Crippen LogP contribution in [0.5, 0.6) is 11.5 Å². The number of aromatic hydroxyl groups is 1. The predicted octanol–water partition coefficient (Wildman–Crippen LogP) is 2.89. The SMILES string of the molecule is COc1ccc(C)cc1CC(=O)Nc1ccccc1O. The van der Waals surface area contributed by atoms with E-state index in [2.05, 4.69) is 5.32 Å². The Morgan fingerprint density at radius 1 is 1.25 bits per heavy atom. The molecule has 0 unspecified atom stereocenters. The highest BCUT2D eigenvalue weighted by Crippen LogP contribution is 2.23. The van der Waals surface area contributed by atoms with Gasteiger partial charge >= 0.3 is 0 Å². The first-order valence-corrected chi connectivity index (χ1v) is 6.31. The van der Waals surface area contributed by atoms with Crippen LogP contribution in [-0.4, -0.2) is 18.1 Å². The fourth-order valence-corrected chi connectivity index (χ4v) is 1.99. The van der Waals surface area contributed by atoms with Crippen molar-refractivity contribution in [3.8, 4) is 11.5 Å². The van der Waals surface area contributed by atoms with Gasteiger partial charge in [0.2, 0.25) is 5.91 Å². The van der Waals surface area contributed by atoms with Crippen LogP contribution in [-0.2, 0) is 11.2 Å². The number of amides is 1. The van der Waals surface area contributed by atoms with E-state index in [1.807, 2.05) is 25.1 Å². The Bertz CT molecular complexity index is 623. The molecule has 0 aromatic heterocycles. The maximum atomic E-state index is 12.0. The Labute approximate surface area is 118 Å². The van der Waals surface area contributed by atoms with E-state index in [-0.39, 0.29) is 18.1 Å². The second kappa shape index (κ2) is 6.10. The summed E-state index contributed by atoms with van der Waals surface area (Å²) in [6.07, 6.45) is 0.194. The number of aryl methyl sites for hydroxylation is 1. The molecule has 1 amide bonds. The number of methoxy groups -OCH3 is 1. The van der Waals surface area contributed by atoms with Gasteiger partial charge in [-0.25, -0.2) is 0 Å². The van der Waals surface area contributed by atoms with E-state index in [0.717, 1.165) is 11.1 Å². The average Bonchev–Trinajstić information content (AvgIpc) is 2.41. The molecular formula is C16H17NO3. The smallest absolute Gasteiger partial charge is 0.229 e. The summed E-state index contributed by atoms with van der Waals surface area (Å²) >= 11 is 0. The molecule has 0 saturated carbocycles. The van der Waals surface area contributed by atoms with E-state index < -0.39 is 0 Å². The number of para-hydroxylation sites is 2. The summed E-state index contributed by atoms with van der Waals surface area (Å²) < 4.78 is 5.25. The number of carbonyl (C=O) groups excluding carboxylic acids is 1. The Balaban J connectivity index is 2.12. The Morgan fingerprint density at radius 3 is 2.70 bits per heavy atom. The number of anilines is 1. The second-order valence-electron chi connectivity index (χ2n) is 4.56. The molecule has 0 aliphatic carbocycles. The van der Waals surface area contributed by atoms with Gasteiger partial charge in [-0.1, -0.05) is 29.8 Å². The van der Waals surface area contributed by atoms with Crippen LogP contribution in [0.15, 0.2) is 42.5 Å². The number of rotatable bonds is 4. The summed E-state index contributed by atoms with van der Waals surface area (Å²) in [6.45, 7) is 1.96. The van der Waals surface area contributed by atoms with Crippen molar-refractivity contribution in [1.29, 1.82) is 0 Å². The summed E-state index contributed by atoms with van der Waals surface area (Å²) in [6, 6.07) is 12.3. The third kappa shape index (κ3) is 3.29. The van der Waals surface area contributed by atoms with Crippen LogP contribution in [0.1, 0.15) is 11.1 Å². The number of ether oxygens (including phenoxy) is 1. The zero-order chi connectivity index (χ0) is 14.5. The van der Waals surface area contributed by atoms with Crippen LogP contribution in [0.3, 0.4) is 0 Å². The molecule has 0 aliphatic rings. The average molecular weight is 271 g/mol. The largest absolute Gasteiger partial charge is 0.506 e. The fourth-order valence-electron chi connectivity index (χ4n) is 1.99. The Kier molecular flexibility index (Phi) is 4.25. The molecule has 4 heteroatoms. The monoisotopic (exact) mass is 271 g/mol. The lowest BCUT2D eigenvalue weighted by Crippen LogP contribution is -2.15. The van der Waals surface area contributed by atoms with Crippen LogP contribution in [0, 0.1) is 6.92 Å². The molecular weight excluding hydrogens is 254 g/mol. The Hall–Kier alpha value is -2.49. The molecule has 0 aliphatic heterocycles. The van der Waals surface area contributed by atoms with Gasteiger partial charge in [-0.3, -0.25) is 4.79 Å². The number of hydrogen-bond acceptors (Lipinski definition) is 3. The van der Waals surface area contributed by atoms with Crippen LogP contribution < -0.4 is 10.1 Å². The third-order valence-corrected chi connectivity index (χ3v) is 2.97. The van der Waals surface area contributed by atoms with E-state index in [9.17, 15) is 9.90 Å². The molecule has 2 aromatic carbocycles. The van der Waals surface area contributed by atoms with Crippen molar-refractivity contribution < 1.29 is 14.6 Å². The topological polar surface area (TPSA) is 58.6 Å². The highest BCUT2D eigenvalue weighted by molar-refractivity contribution is 5.93. The van der Waals surface area contributed by atoms with E-state index in [0.29, 0.717) is 11.4 Å². The fraction of sp³-hybridized carbons (Fsp3) is 0.188. The molecule has 0 heterocycles. The second-order valence-corrected chi connectivity index (χ2v) is 4.56.